The second-order valence-corrected chi connectivity index (χ2v) is 4.47. The Morgan fingerprint density at radius 2 is 1.12 bits per heavy atom. The van der Waals surface area contributed by atoms with Crippen LogP contribution >= 0.6 is 0 Å². The van der Waals surface area contributed by atoms with Crippen molar-refractivity contribution in [1.82, 2.24) is 0 Å². The van der Waals surface area contributed by atoms with Crippen molar-refractivity contribution in [2.75, 3.05) is 0 Å². The normalized spacial score (nSPS) is 27.1. The maximum atomic E-state index is 2.38. The minimum atomic E-state index is 0.991. The summed E-state index contributed by atoms with van der Waals surface area (Å²) in [6.07, 6.45) is 19.2. The molecule has 0 aromatic rings. The van der Waals surface area contributed by atoms with Crippen LogP contribution in [0.3, 0.4) is 0 Å². The highest BCUT2D eigenvalue weighted by molar-refractivity contribution is 5.06. The van der Waals surface area contributed by atoms with E-state index in [1.165, 1.54) is 44.9 Å². The van der Waals surface area contributed by atoms with Crippen molar-refractivity contribution in [1.29, 1.82) is 0 Å². The lowest BCUT2D eigenvalue weighted by Gasteiger charge is -1.97. The van der Waals surface area contributed by atoms with E-state index in [4.69, 9.17) is 0 Å². The summed E-state index contributed by atoms with van der Waals surface area (Å²) < 4.78 is 0. The topological polar surface area (TPSA) is 0 Å². The molecule has 0 amide bonds. The predicted molar refractivity (Wildman–Crippen MR) is 80.3 cm³/mol. The molecule has 0 aromatic heterocycles. The van der Waals surface area contributed by atoms with Crippen molar-refractivity contribution >= 4 is 0 Å². The number of hydrogen-bond acceptors (Lipinski definition) is 0. The van der Waals surface area contributed by atoms with E-state index in [1.807, 2.05) is 27.7 Å². The van der Waals surface area contributed by atoms with Gasteiger partial charge in [0.1, 0.15) is 0 Å². The van der Waals surface area contributed by atoms with Gasteiger partial charge in [-0.25, -0.2) is 0 Å². The highest BCUT2D eigenvalue weighted by Crippen LogP contribution is 2.38. The van der Waals surface area contributed by atoms with Gasteiger partial charge in [0.25, 0.3) is 0 Å². The first-order chi connectivity index (χ1) is 8.45. The molecule has 0 saturated heterocycles. The molecule has 3 aliphatic carbocycles. The third kappa shape index (κ3) is 7.41. The first-order valence-electron chi connectivity index (χ1n) is 7.78. The van der Waals surface area contributed by atoms with Gasteiger partial charge in [-0.2, -0.15) is 0 Å². The van der Waals surface area contributed by atoms with Crippen LogP contribution in [0, 0.1) is 11.8 Å². The number of hydrogen-bond donors (Lipinski definition) is 0. The fourth-order valence-electron chi connectivity index (χ4n) is 2.48. The maximum Gasteiger partial charge on any atom is -0.0228 e. The van der Waals surface area contributed by atoms with Crippen molar-refractivity contribution in [3.63, 3.8) is 0 Å². The molecule has 2 atom stereocenters. The average Bonchev–Trinajstić information content (AvgIpc) is 3.11. The lowest BCUT2D eigenvalue weighted by molar-refractivity contribution is 0.691. The molecule has 0 aliphatic heterocycles. The second-order valence-electron chi connectivity index (χ2n) is 4.47. The summed E-state index contributed by atoms with van der Waals surface area (Å²) >= 11 is 0. The zero-order valence-corrected chi connectivity index (χ0v) is 12.4. The molecule has 0 spiro atoms. The van der Waals surface area contributed by atoms with Crippen molar-refractivity contribution in [2.24, 2.45) is 11.8 Å². The van der Waals surface area contributed by atoms with Gasteiger partial charge < -0.3 is 0 Å². The van der Waals surface area contributed by atoms with E-state index in [-0.39, 0.29) is 0 Å². The van der Waals surface area contributed by atoms with Gasteiger partial charge in [-0.05, 0) is 56.8 Å². The summed E-state index contributed by atoms with van der Waals surface area (Å²) in [6, 6.07) is 0. The van der Waals surface area contributed by atoms with Crippen LogP contribution in [-0.2, 0) is 0 Å². The third-order valence-electron chi connectivity index (χ3n) is 3.33. The van der Waals surface area contributed by atoms with E-state index in [1.54, 1.807) is 0 Å². The van der Waals surface area contributed by atoms with Crippen LogP contribution in [0.25, 0.3) is 0 Å². The standard InChI is InChI=1S/C7H10.C6H10.2C2H6/c1-2-7-4-3-6(1)5-7;1-2-4-6-5-3-1;2*1-2/h1-2,6-7H,3-5H2;1-2H,3-6H2;2*1-2H3. The van der Waals surface area contributed by atoms with Crippen molar-refractivity contribution < 1.29 is 0 Å². The summed E-state index contributed by atoms with van der Waals surface area (Å²) in [5, 5.41) is 0. The number of rotatable bonds is 0. The van der Waals surface area contributed by atoms with Crippen LogP contribution in [0.5, 0.6) is 0 Å². The Morgan fingerprint density at radius 3 is 1.24 bits per heavy atom. The summed E-state index contributed by atoms with van der Waals surface area (Å²) in [5.41, 5.74) is 0. The summed E-state index contributed by atoms with van der Waals surface area (Å²) in [7, 11) is 0. The Bertz CT molecular complexity index is 180. The van der Waals surface area contributed by atoms with Crippen LogP contribution in [-0.4, -0.2) is 0 Å². The summed E-state index contributed by atoms with van der Waals surface area (Å²) in [4.78, 5) is 0. The fraction of sp³-hybridized carbons (Fsp3) is 0.765. The van der Waals surface area contributed by atoms with Crippen LogP contribution in [0.4, 0.5) is 0 Å². The molecule has 0 N–H and O–H groups in total. The Kier molecular flexibility index (Phi) is 11.6. The highest BCUT2D eigenvalue weighted by Gasteiger charge is 2.25. The van der Waals surface area contributed by atoms with Gasteiger partial charge in [0.15, 0.2) is 0 Å². The van der Waals surface area contributed by atoms with Crippen LogP contribution < -0.4 is 0 Å². The Labute approximate surface area is 109 Å². The smallest absolute Gasteiger partial charge is 0.0228 e. The monoisotopic (exact) mass is 236 g/mol. The second kappa shape index (κ2) is 12.0. The van der Waals surface area contributed by atoms with Crippen molar-refractivity contribution in [2.45, 2.75) is 72.6 Å². The molecule has 0 heterocycles. The van der Waals surface area contributed by atoms with E-state index in [2.05, 4.69) is 24.3 Å². The molecule has 2 bridgehead atoms. The average molecular weight is 236 g/mol. The Balaban J connectivity index is 0.000000237. The fourth-order valence-corrected chi connectivity index (χ4v) is 2.48. The molecule has 0 nitrogen and oxygen atoms in total. The van der Waals surface area contributed by atoms with Gasteiger partial charge in [-0.3, -0.25) is 0 Å². The zero-order chi connectivity index (χ0) is 12.9. The highest BCUT2D eigenvalue weighted by atomic mass is 14.3. The molecular formula is C17H32. The maximum absolute atomic E-state index is 2.38. The van der Waals surface area contributed by atoms with E-state index < -0.39 is 0 Å². The van der Waals surface area contributed by atoms with Gasteiger partial charge in [-0.15, -0.1) is 0 Å². The molecule has 3 rings (SSSR count). The quantitative estimate of drug-likeness (QED) is 0.443. The molecule has 100 valence electrons. The Hall–Kier alpha value is -0.520. The first-order valence-corrected chi connectivity index (χ1v) is 7.78. The number of fused-ring (bicyclic) bond motifs is 2. The first kappa shape index (κ1) is 16.5. The van der Waals surface area contributed by atoms with E-state index in [9.17, 15) is 0 Å². The molecule has 0 heteroatoms. The van der Waals surface area contributed by atoms with Crippen LogP contribution in [0.15, 0.2) is 24.3 Å². The summed E-state index contributed by atoms with van der Waals surface area (Å²) in [5.74, 6) is 1.98. The minimum absolute atomic E-state index is 0.991. The molecule has 1 fully saturated rings. The van der Waals surface area contributed by atoms with Crippen LogP contribution in [0.1, 0.15) is 72.6 Å². The van der Waals surface area contributed by atoms with Crippen molar-refractivity contribution in [3.05, 3.63) is 24.3 Å². The molecule has 2 unspecified atom stereocenters. The van der Waals surface area contributed by atoms with E-state index in [0.29, 0.717) is 0 Å². The molecule has 0 radical (unpaired) electrons. The van der Waals surface area contributed by atoms with Gasteiger partial charge >= 0.3 is 0 Å². The molecule has 1 saturated carbocycles. The van der Waals surface area contributed by atoms with Crippen LogP contribution in [0.2, 0.25) is 0 Å². The van der Waals surface area contributed by atoms with Gasteiger partial charge in [0.2, 0.25) is 0 Å². The SMILES string of the molecule is C1=CC2CCC1C2.C1=CCCCC1.CC.CC. The summed E-state index contributed by atoms with van der Waals surface area (Å²) in [6.45, 7) is 8.00. The molecule has 3 aliphatic rings. The zero-order valence-electron chi connectivity index (χ0n) is 12.4. The molecular weight excluding hydrogens is 204 g/mol. The molecule has 0 aromatic carbocycles. The third-order valence-corrected chi connectivity index (χ3v) is 3.33. The molecule has 17 heavy (non-hydrogen) atoms. The van der Waals surface area contributed by atoms with Gasteiger partial charge in [-0.1, -0.05) is 52.0 Å². The van der Waals surface area contributed by atoms with Gasteiger partial charge in [0, 0.05) is 0 Å². The van der Waals surface area contributed by atoms with E-state index >= 15 is 0 Å². The predicted octanol–water partition coefficient (Wildman–Crippen LogP) is 6.14. The minimum Gasteiger partial charge on any atom is -0.0885 e. The van der Waals surface area contributed by atoms with Gasteiger partial charge in [0.05, 0.1) is 0 Å². The van der Waals surface area contributed by atoms with E-state index in [0.717, 1.165) is 11.8 Å². The lowest BCUT2D eigenvalue weighted by atomic mass is 10.1. The Morgan fingerprint density at radius 1 is 0.706 bits per heavy atom. The number of allylic oxidation sites excluding steroid dienone is 4. The largest absolute Gasteiger partial charge is 0.0885 e. The lowest BCUT2D eigenvalue weighted by Crippen LogP contribution is -1.82. The van der Waals surface area contributed by atoms with Crippen molar-refractivity contribution in [3.8, 4) is 0 Å².